The molecule has 2 rings (SSSR count). The fourth-order valence-corrected chi connectivity index (χ4v) is 2.18. The lowest BCUT2D eigenvalue weighted by atomic mass is 10.1. The van der Waals surface area contributed by atoms with Gasteiger partial charge in [-0.2, -0.15) is 0 Å². The molecule has 0 spiro atoms. The predicted molar refractivity (Wildman–Crippen MR) is 79.4 cm³/mol. The molecule has 0 saturated heterocycles. The second-order valence-corrected chi connectivity index (χ2v) is 4.95. The Balaban J connectivity index is 2.18. The van der Waals surface area contributed by atoms with Crippen LogP contribution in [0.3, 0.4) is 0 Å². The van der Waals surface area contributed by atoms with Crippen LogP contribution in [0.5, 0.6) is 11.5 Å². The molecule has 0 aliphatic heterocycles. The third kappa shape index (κ3) is 3.44. The lowest BCUT2D eigenvalue weighted by molar-refractivity contribution is 0.256. The summed E-state index contributed by atoms with van der Waals surface area (Å²) >= 11 is 5.98. The monoisotopic (exact) mass is 292 g/mol. The number of ether oxygens (including phenoxy) is 2. The smallest absolute Gasteiger partial charge is 0.125 e. The average Bonchev–Trinajstić information content (AvgIpc) is 2.46. The SMILES string of the molecule is COc1ccc(Cl)cc1COc1ccc(C)cc1CO. The molecule has 0 aromatic heterocycles. The van der Waals surface area contributed by atoms with E-state index < -0.39 is 0 Å². The highest BCUT2D eigenvalue weighted by Gasteiger charge is 2.07. The number of halogens is 1. The summed E-state index contributed by atoms with van der Waals surface area (Å²) in [5.74, 6) is 1.40. The van der Waals surface area contributed by atoms with Crippen molar-refractivity contribution in [3.63, 3.8) is 0 Å². The molecule has 0 radical (unpaired) electrons. The fourth-order valence-electron chi connectivity index (χ4n) is 1.99. The molecule has 4 heteroatoms. The van der Waals surface area contributed by atoms with Crippen molar-refractivity contribution in [1.82, 2.24) is 0 Å². The van der Waals surface area contributed by atoms with Crippen LogP contribution >= 0.6 is 11.6 Å². The van der Waals surface area contributed by atoms with E-state index in [0.717, 1.165) is 22.4 Å². The number of hydrogen-bond donors (Lipinski definition) is 1. The van der Waals surface area contributed by atoms with Crippen molar-refractivity contribution in [2.75, 3.05) is 7.11 Å². The zero-order valence-corrected chi connectivity index (χ0v) is 12.3. The molecule has 0 saturated carbocycles. The van der Waals surface area contributed by atoms with E-state index in [2.05, 4.69) is 0 Å². The number of hydrogen-bond acceptors (Lipinski definition) is 3. The van der Waals surface area contributed by atoms with Crippen molar-refractivity contribution in [1.29, 1.82) is 0 Å². The minimum Gasteiger partial charge on any atom is -0.496 e. The Kier molecular flexibility index (Phi) is 4.88. The van der Waals surface area contributed by atoms with Crippen LogP contribution in [0.1, 0.15) is 16.7 Å². The van der Waals surface area contributed by atoms with E-state index in [9.17, 15) is 5.11 Å². The first kappa shape index (κ1) is 14.7. The van der Waals surface area contributed by atoms with Crippen LogP contribution in [-0.2, 0) is 13.2 Å². The van der Waals surface area contributed by atoms with Crippen molar-refractivity contribution in [2.24, 2.45) is 0 Å². The van der Waals surface area contributed by atoms with Crippen molar-refractivity contribution < 1.29 is 14.6 Å². The maximum absolute atomic E-state index is 9.36. The number of aliphatic hydroxyl groups is 1. The van der Waals surface area contributed by atoms with Gasteiger partial charge in [-0.25, -0.2) is 0 Å². The highest BCUT2D eigenvalue weighted by atomic mass is 35.5. The van der Waals surface area contributed by atoms with Crippen LogP contribution in [0.25, 0.3) is 0 Å². The van der Waals surface area contributed by atoms with Gasteiger partial charge in [-0.15, -0.1) is 0 Å². The van der Waals surface area contributed by atoms with Crippen LogP contribution in [0.2, 0.25) is 5.02 Å². The summed E-state index contributed by atoms with van der Waals surface area (Å²) in [6.45, 7) is 2.26. The molecule has 2 aromatic carbocycles. The molecular formula is C16H17ClO3. The number of aryl methyl sites for hydroxylation is 1. The molecule has 0 aliphatic carbocycles. The zero-order valence-electron chi connectivity index (χ0n) is 11.5. The van der Waals surface area contributed by atoms with Crippen LogP contribution in [-0.4, -0.2) is 12.2 Å². The Morgan fingerprint density at radius 1 is 1.05 bits per heavy atom. The van der Waals surface area contributed by atoms with Gasteiger partial charge in [0.2, 0.25) is 0 Å². The van der Waals surface area contributed by atoms with E-state index in [-0.39, 0.29) is 6.61 Å². The highest BCUT2D eigenvalue weighted by molar-refractivity contribution is 6.30. The first-order valence-corrected chi connectivity index (χ1v) is 6.67. The van der Waals surface area contributed by atoms with Crippen LogP contribution in [0, 0.1) is 6.92 Å². The summed E-state index contributed by atoms with van der Waals surface area (Å²) in [6.07, 6.45) is 0. The summed E-state index contributed by atoms with van der Waals surface area (Å²) < 4.78 is 11.0. The molecule has 0 bridgehead atoms. The average molecular weight is 293 g/mol. The summed E-state index contributed by atoms with van der Waals surface area (Å²) in [7, 11) is 1.61. The normalized spacial score (nSPS) is 10.4. The molecule has 0 amide bonds. The van der Waals surface area contributed by atoms with Gasteiger partial charge in [0, 0.05) is 16.1 Å². The molecule has 0 fully saturated rings. The van der Waals surface area contributed by atoms with Gasteiger partial charge in [-0.1, -0.05) is 29.3 Å². The minimum atomic E-state index is -0.0519. The number of rotatable bonds is 5. The van der Waals surface area contributed by atoms with Crippen molar-refractivity contribution in [3.05, 3.63) is 58.1 Å². The van der Waals surface area contributed by atoms with Gasteiger partial charge < -0.3 is 14.6 Å². The summed E-state index contributed by atoms with van der Waals surface area (Å²) in [5, 5.41) is 9.99. The maximum Gasteiger partial charge on any atom is 0.125 e. The fraction of sp³-hybridized carbons (Fsp3) is 0.250. The quantitative estimate of drug-likeness (QED) is 0.912. The van der Waals surface area contributed by atoms with Crippen molar-refractivity contribution in [3.8, 4) is 11.5 Å². The highest BCUT2D eigenvalue weighted by Crippen LogP contribution is 2.26. The van der Waals surface area contributed by atoms with E-state index >= 15 is 0 Å². The molecule has 0 atom stereocenters. The van der Waals surface area contributed by atoms with E-state index in [4.69, 9.17) is 21.1 Å². The van der Waals surface area contributed by atoms with Gasteiger partial charge in [-0.05, 0) is 31.2 Å². The lowest BCUT2D eigenvalue weighted by Crippen LogP contribution is -2.01. The van der Waals surface area contributed by atoms with Gasteiger partial charge in [0.1, 0.15) is 18.1 Å². The van der Waals surface area contributed by atoms with E-state index in [1.807, 2.05) is 37.3 Å². The Bertz CT molecular complexity index is 596. The zero-order chi connectivity index (χ0) is 14.5. The van der Waals surface area contributed by atoms with Gasteiger partial charge in [-0.3, -0.25) is 0 Å². The Labute approximate surface area is 123 Å². The van der Waals surface area contributed by atoms with Crippen molar-refractivity contribution >= 4 is 11.6 Å². The Morgan fingerprint density at radius 3 is 2.50 bits per heavy atom. The summed E-state index contributed by atoms with van der Waals surface area (Å²) in [5.41, 5.74) is 2.72. The van der Waals surface area contributed by atoms with Crippen LogP contribution < -0.4 is 9.47 Å². The van der Waals surface area contributed by atoms with Gasteiger partial charge in [0.15, 0.2) is 0 Å². The summed E-state index contributed by atoms with van der Waals surface area (Å²) in [6, 6.07) is 11.1. The topological polar surface area (TPSA) is 38.7 Å². The first-order chi connectivity index (χ1) is 9.63. The molecule has 0 aliphatic rings. The van der Waals surface area contributed by atoms with E-state index in [0.29, 0.717) is 17.4 Å². The van der Waals surface area contributed by atoms with Gasteiger partial charge >= 0.3 is 0 Å². The summed E-state index contributed by atoms with van der Waals surface area (Å²) in [4.78, 5) is 0. The lowest BCUT2D eigenvalue weighted by Gasteiger charge is -2.13. The molecule has 0 heterocycles. The largest absolute Gasteiger partial charge is 0.496 e. The molecule has 3 nitrogen and oxygen atoms in total. The number of benzene rings is 2. The third-order valence-corrected chi connectivity index (χ3v) is 3.25. The molecule has 0 unspecified atom stereocenters. The molecule has 106 valence electrons. The second kappa shape index (κ2) is 6.64. The molecule has 1 N–H and O–H groups in total. The third-order valence-electron chi connectivity index (χ3n) is 3.01. The van der Waals surface area contributed by atoms with Crippen molar-refractivity contribution in [2.45, 2.75) is 20.1 Å². The number of aliphatic hydroxyl groups excluding tert-OH is 1. The number of methoxy groups -OCH3 is 1. The molecular weight excluding hydrogens is 276 g/mol. The van der Waals surface area contributed by atoms with Gasteiger partial charge in [0.25, 0.3) is 0 Å². The Morgan fingerprint density at radius 2 is 1.80 bits per heavy atom. The maximum atomic E-state index is 9.36. The van der Waals surface area contributed by atoms with Gasteiger partial charge in [0.05, 0.1) is 13.7 Å². The van der Waals surface area contributed by atoms with E-state index in [1.54, 1.807) is 13.2 Å². The van der Waals surface area contributed by atoms with E-state index in [1.165, 1.54) is 0 Å². The second-order valence-electron chi connectivity index (χ2n) is 4.51. The predicted octanol–water partition coefficient (Wildman–Crippen LogP) is 3.73. The minimum absolute atomic E-state index is 0.0519. The Hall–Kier alpha value is -1.71. The molecule has 20 heavy (non-hydrogen) atoms. The molecule has 2 aromatic rings. The first-order valence-electron chi connectivity index (χ1n) is 6.29. The van der Waals surface area contributed by atoms with Crippen LogP contribution in [0.15, 0.2) is 36.4 Å². The van der Waals surface area contributed by atoms with Crippen LogP contribution in [0.4, 0.5) is 0 Å². The standard InChI is InChI=1S/C16H17ClO3/c1-11-3-5-16(12(7-11)9-18)20-10-13-8-14(17)4-6-15(13)19-2/h3-8,18H,9-10H2,1-2H3.